The number of fused-ring (bicyclic) bond motifs is 1. The number of halogens is 3. The van der Waals surface area contributed by atoms with Crippen LogP contribution in [0.3, 0.4) is 0 Å². The third-order valence-electron chi connectivity index (χ3n) is 5.04. The van der Waals surface area contributed by atoms with Gasteiger partial charge in [-0.15, -0.1) is 0 Å². The summed E-state index contributed by atoms with van der Waals surface area (Å²) in [5, 5.41) is 5.55. The van der Waals surface area contributed by atoms with Crippen molar-refractivity contribution in [2.75, 3.05) is 19.6 Å². The third kappa shape index (κ3) is 1.51. The monoisotopic (exact) mass is 262 g/mol. The summed E-state index contributed by atoms with van der Waals surface area (Å²) in [4.78, 5) is 11.7. The molecule has 0 aromatic heterocycles. The van der Waals surface area contributed by atoms with E-state index < -0.39 is 17.0 Å². The van der Waals surface area contributed by atoms with Gasteiger partial charge in [-0.1, -0.05) is 6.42 Å². The van der Waals surface area contributed by atoms with Crippen LogP contribution in [-0.2, 0) is 4.79 Å². The van der Waals surface area contributed by atoms with E-state index in [0.29, 0.717) is 6.54 Å². The molecule has 0 spiro atoms. The fourth-order valence-corrected chi connectivity index (χ4v) is 3.40. The second-order valence-electron chi connectivity index (χ2n) is 5.99. The predicted octanol–water partition coefficient (Wildman–Crippen LogP) is 1.44. The highest BCUT2D eigenvalue weighted by Crippen LogP contribution is 2.72. The molecule has 6 heteroatoms. The normalized spacial score (nSPS) is 39.1. The number of carbonyl (C=O) groups excluding carboxylic acids is 1. The van der Waals surface area contributed by atoms with Crippen LogP contribution in [0, 0.1) is 16.7 Å². The standard InChI is InChI=1S/C12H17F3N2O/c13-12(14,15)11-4-10(11,5-16-7-11)6-17-9(18)8-2-1-3-8/h8,16H,1-7H2,(H,17,18)/t10-,11-/m0/s1. The maximum atomic E-state index is 13.0. The van der Waals surface area contributed by atoms with E-state index >= 15 is 0 Å². The molecular formula is C12H17F3N2O. The highest BCUT2D eigenvalue weighted by molar-refractivity contribution is 5.79. The molecular weight excluding hydrogens is 245 g/mol. The Morgan fingerprint density at radius 1 is 1.33 bits per heavy atom. The molecule has 2 saturated carbocycles. The van der Waals surface area contributed by atoms with E-state index in [4.69, 9.17) is 0 Å². The molecule has 0 bridgehead atoms. The first-order chi connectivity index (χ1) is 8.40. The van der Waals surface area contributed by atoms with Crippen molar-refractivity contribution in [1.29, 1.82) is 0 Å². The fourth-order valence-electron chi connectivity index (χ4n) is 3.40. The number of amides is 1. The SMILES string of the molecule is O=C(NC[C@]12CNC[C@@]1(C(F)(F)F)C2)C1CCC1. The molecule has 2 atom stereocenters. The number of hydrogen-bond acceptors (Lipinski definition) is 2. The molecule has 102 valence electrons. The van der Waals surface area contributed by atoms with Crippen molar-refractivity contribution < 1.29 is 18.0 Å². The van der Waals surface area contributed by atoms with Gasteiger partial charge in [-0.25, -0.2) is 0 Å². The first-order valence-corrected chi connectivity index (χ1v) is 6.45. The summed E-state index contributed by atoms with van der Waals surface area (Å²) in [5.74, 6) is -0.0275. The number of hydrogen-bond donors (Lipinski definition) is 2. The van der Waals surface area contributed by atoms with Gasteiger partial charge in [0.2, 0.25) is 5.91 Å². The lowest BCUT2D eigenvalue weighted by Crippen LogP contribution is -2.41. The molecule has 1 saturated heterocycles. The summed E-state index contributed by atoms with van der Waals surface area (Å²) in [6, 6.07) is 0. The van der Waals surface area contributed by atoms with Crippen molar-refractivity contribution in [2.45, 2.75) is 31.9 Å². The first-order valence-electron chi connectivity index (χ1n) is 6.45. The Kier molecular flexibility index (Phi) is 2.47. The zero-order valence-corrected chi connectivity index (χ0v) is 10.1. The maximum Gasteiger partial charge on any atom is 0.396 e. The molecule has 2 aliphatic carbocycles. The molecule has 18 heavy (non-hydrogen) atoms. The minimum atomic E-state index is -4.17. The van der Waals surface area contributed by atoms with Crippen molar-refractivity contribution in [3.63, 3.8) is 0 Å². The number of alkyl halides is 3. The quantitative estimate of drug-likeness (QED) is 0.808. The van der Waals surface area contributed by atoms with E-state index in [2.05, 4.69) is 10.6 Å². The molecule has 3 fully saturated rings. The molecule has 2 N–H and O–H groups in total. The Bertz CT molecular complexity index is 380. The molecule has 0 unspecified atom stereocenters. The van der Waals surface area contributed by atoms with Gasteiger partial charge in [-0.05, 0) is 19.3 Å². The van der Waals surface area contributed by atoms with E-state index in [1.807, 2.05) is 0 Å². The lowest BCUT2D eigenvalue weighted by molar-refractivity contribution is -0.190. The van der Waals surface area contributed by atoms with Crippen LogP contribution in [0.25, 0.3) is 0 Å². The highest BCUT2D eigenvalue weighted by Gasteiger charge is 2.81. The largest absolute Gasteiger partial charge is 0.396 e. The van der Waals surface area contributed by atoms with Crippen LogP contribution < -0.4 is 10.6 Å². The third-order valence-corrected chi connectivity index (χ3v) is 5.04. The summed E-state index contributed by atoms with van der Waals surface area (Å²) >= 11 is 0. The smallest absolute Gasteiger partial charge is 0.355 e. The Labute approximate surface area is 103 Å². The average Bonchev–Trinajstić information content (AvgIpc) is 2.71. The van der Waals surface area contributed by atoms with Gasteiger partial charge in [0, 0.05) is 31.0 Å². The van der Waals surface area contributed by atoms with E-state index in [0.717, 1.165) is 19.3 Å². The van der Waals surface area contributed by atoms with Gasteiger partial charge < -0.3 is 10.6 Å². The molecule has 3 nitrogen and oxygen atoms in total. The van der Waals surface area contributed by atoms with Crippen LogP contribution in [0.1, 0.15) is 25.7 Å². The summed E-state index contributed by atoms with van der Waals surface area (Å²) < 4.78 is 39.1. The van der Waals surface area contributed by atoms with Gasteiger partial charge in [-0.3, -0.25) is 4.79 Å². The number of nitrogens with one attached hydrogen (secondary N) is 2. The van der Waals surface area contributed by atoms with Crippen LogP contribution in [-0.4, -0.2) is 31.7 Å². The minimum Gasteiger partial charge on any atom is -0.355 e. The van der Waals surface area contributed by atoms with Gasteiger partial charge in [0.25, 0.3) is 0 Å². The molecule has 1 aliphatic heterocycles. The summed E-state index contributed by atoms with van der Waals surface area (Å²) in [7, 11) is 0. The zero-order chi connectivity index (χ0) is 13.0. The van der Waals surface area contributed by atoms with Crippen molar-refractivity contribution in [3.8, 4) is 0 Å². The van der Waals surface area contributed by atoms with E-state index in [1.165, 1.54) is 0 Å². The molecule has 1 amide bonds. The predicted molar refractivity (Wildman–Crippen MR) is 58.8 cm³/mol. The van der Waals surface area contributed by atoms with Gasteiger partial charge in [0.1, 0.15) is 0 Å². The second-order valence-corrected chi connectivity index (χ2v) is 5.99. The first kappa shape index (κ1) is 12.3. The number of piperidine rings is 1. The Morgan fingerprint density at radius 2 is 2.06 bits per heavy atom. The highest BCUT2D eigenvalue weighted by atomic mass is 19.4. The second kappa shape index (κ2) is 3.62. The van der Waals surface area contributed by atoms with Crippen LogP contribution in [0.5, 0.6) is 0 Å². The van der Waals surface area contributed by atoms with Gasteiger partial charge in [-0.2, -0.15) is 13.2 Å². The maximum absolute atomic E-state index is 13.0. The number of carbonyl (C=O) groups is 1. The van der Waals surface area contributed by atoms with Crippen molar-refractivity contribution in [3.05, 3.63) is 0 Å². The van der Waals surface area contributed by atoms with Gasteiger partial charge >= 0.3 is 6.18 Å². The molecule has 3 aliphatic rings. The van der Waals surface area contributed by atoms with Crippen LogP contribution in [0.4, 0.5) is 13.2 Å². The average molecular weight is 262 g/mol. The van der Waals surface area contributed by atoms with E-state index in [9.17, 15) is 18.0 Å². The van der Waals surface area contributed by atoms with Crippen molar-refractivity contribution >= 4 is 5.91 Å². The van der Waals surface area contributed by atoms with Crippen molar-refractivity contribution in [1.82, 2.24) is 10.6 Å². The Hall–Kier alpha value is -0.780. The lowest BCUT2D eigenvalue weighted by Gasteiger charge is -2.26. The number of rotatable bonds is 3. The van der Waals surface area contributed by atoms with Crippen LogP contribution >= 0.6 is 0 Å². The molecule has 3 rings (SSSR count). The van der Waals surface area contributed by atoms with Crippen LogP contribution in [0.2, 0.25) is 0 Å². The molecule has 1 heterocycles. The summed E-state index contributed by atoms with van der Waals surface area (Å²) in [6.07, 6.45) is -1.21. The molecule has 0 aromatic rings. The zero-order valence-electron chi connectivity index (χ0n) is 10.1. The topological polar surface area (TPSA) is 41.1 Å². The lowest BCUT2D eigenvalue weighted by atomic mass is 9.84. The van der Waals surface area contributed by atoms with Crippen molar-refractivity contribution in [2.24, 2.45) is 16.7 Å². The Balaban J connectivity index is 1.61. The molecule has 0 radical (unpaired) electrons. The summed E-state index contributed by atoms with van der Waals surface area (Å²) in [6.45, 7) is 0.516. The van der Waals surface area contributed by atoms with Gasteiger partial charge in [0.15, 0.2) is 0 Å². The van der Waals surface area contributed by atoms with Gasteiger partial charge in [0.05, 0.1) is 5.41 Å². The minimum absolute atomic E-state index is 0.00417. The van der Waals surface area contributed by atoms with Crippen LogP contribution in [0.15, 0.2) is 0 Å². The van der Waals surface area contributed by atoms with E-state index in [1.54, 1.807) is 0 Å². The summed E-state index contributed by atoms with van der Waals surface area (Å²) in [5.41, 5.74) is -2.38. The van der Waals surface area contributed by atoms with E-state index in [-0.39, 0.29) is 31.3 Å². The Morgan fingerprint density at radius 3 is 2.56 bits per heavy atom. The molecule has 0 aromatic carbocycles. The fraction of sp³-hybridized carbons (Fsp3) is 0.917.